The van der Waals surface area contributed by atoms with Gasteiger partial charge in [0, 0.05) is 25.7 Å². The van der Waals surface area contributed by atoms with E-state index in [4.69, 9.17) is 14.5 Å². The van der Waals surface area contributed by atoms with Crippen molar-refractivity contribution < 1.29 is 27.4 Å². The van der Waals surface area contributed by atoms with E-state index in [0.29, 0.717) is 48.9 Å². The molecule has 6 nitrogen and oxygen atoms in total. The first-order chi connectivity index (χ1) is 17.7. The molecular weight excluding hydrogens is 483 g/mol. The number of amides is 1. The molecule has 3 aromatic carbocycles. The summed E-state index contributed by atoms with van der Waals surface area (Å²) in [6.07, 6.45) is -4.19. The summed E-state index contributed by atoms with van der Waals surface area (Å²) < 4.78 is 51.0. The minimum absolute atomic E-state index is 0.0360. The minimum Gasteiger partial charge on any atom is -0.497 e. The highest BCUT2D eigenvalue weighted by Crippen LogP contribution is 2.42. The average Bonchev–Trinajstić information content (AvgIpc) is 3.05. The Morgan fingerprint density at radius 2 is 1.81 bits per heavy atom. The van der Waals surface area contributed by atoms with Crippen LogP contribution in [0.2, 0.25) is 0 Å². The molecule has 0 bridgehead atoms. The number of fused-ring (bicyclic) bond motifs is 2. The molecule has 1 atom stereocenters. The second-order valence-electron chi connectivity index (χ2n) is 9.12. The molecule has 2 aliphatic rings. The number of piperazine rings is 1. The molecule has 0 spiro atoms. The van der Waals surface area contributed by atoms with E-state index in [2.05, 4.69) is 4.90 Å². The van der Waals surface area contributed by atoms with Gasteiger partial charge in [0.15, 0.2) is 5.75 Å². The van der Waals surface area contributed by atoms with Gasteiger partial charge in [0.2, 0.25) is 5.91 Å². The molecule has 0 saturated carbocycles. The quantitative estimate of drug-likeness (QED) is 0.456. The van der Waals surface area contributed by atoms with Gasteiger partial charge in [-0.2, -0.15) is 13.2 Å². The monoisotopic (exact) mass is 509 g/mol. The molecule has 1 unspecified atom stereocenters. The van der Waals surface area contributed by atoms with E-state index in [9.17, 15) is 18.0 Å². The van der Waals surface area contributed by atoms with Crippen LogP contribution in [0.25, 0.3) is 0 Å². The van der Waals surface area contributed by atoms with Crippen molar-refractivity contribution in [3.63, 3.8) is 0 Å². The van der Waals surface area contributed by atoms with Gasteiger partial charge < -0.3 is 19.3 Å². The smallest absolute Gasteiger partial charge is 0.416 e. The maximum atomic E-state index is 13.3. The van der Waals surface area contributed by atoms with Gasteiger partial charge in [0.1, 0.15) is 23.0 Å². The van der Waals surface area contributed by atoms with E-state index in [1.807, 2.05) is 48.2 Å². The summed E-state index contributed by atoms with van der Waals surface area (Å²) in [4.78, 5) is 21.8. The Morgan fingerprint density at radius 3 is 2.51 bits per heavy atom. The van der Waals surface area contributed by atoms with Crippen LogP contribution in [-0.2, 0) is 17.4 Å². The summed E-state index contributed by atoms with van der Waals surface area (Å²) in [5.41, 5.74) is 1.14. The molecule has 2 aliphatic heterocycles. The van der Waals surface area contributed by atoms with Crippen molar-refractivity contribution in [1.82, 2.24) is 9.80 Å². The van der Waals surface area contributed by atoms with Crippen molar-refractivity contribution in [2.24, 2.45) is 4.99 Å². The first kappa shape index (κ1) is 24.7. The van der Waals surface area contributed by atoms with Crippen LogP contribution in [-0.4, -0.2) is 54.3 Å². The summed E-state index contributed by atoms with van der Waals surface area (Å²) in [6, 6.07) is 17.9. The van der Waals surface area contributed by atoms with E-state index < -0.39 is 11.7 Å². The lowest BCUT2D eigenvalue weighted by atomic mass is 10.1. The predicted octanol–water partition coefficient (Wildman–Crippen LogP) is 5.67. The molecule has 1 amide bonds. The fraction of sp³-hybridized carbons (Fsp3) is 0.286. The molecule has 37 heavy (non-hydrogen) atoms. The van der Waals surface area contributed by atoms with Gasteiger partial charge in [-0.05, 0) is 55.0 Å². The molecule has 0 radical (unpaired) electrons. The number of benzene rings is 3. The van der Waals surface area contributed by atoms with Crippen LogP contribution < -0.4 is 9.47 Å². The Bertz CT molecular complexity index is 1340. The fourth-order valence-electron chi connectivity index (χ4n) is 4.68. The Morgan fingerprint density at radius 1 is 1.05 bits per heavy atom. The van der Waals surface area contributed by atoms with Crippen molar-refractivity contribution >= 4 is 17.4 Å². The van der Waals surface area contributed by atoms with E-state index in [0.717, 1.165) is 23.4 Å². The number of aliphatic imine (C=N–C) groups is 1. The van der Waals surface area contributed by atoms with Crippen molar-refractivity contribution in [2.45, 2.75) is 25.6 Å². The van der Waals surface area contributed by atoms with Gasteiger partial charge in [-0.15, -0.1) is 0 Å². The number of amidine groups is 1. The third-order valence-electron chi connectivity index (χ3n) is 6.62. The zero-order valence-corrected chi connectivity index (χ0v) is 20.5. The molecule has 9 heteroatoms. The van der Waals surface area contributed by atoms with Crippen molar-refractivity contribution in [3.05, 3.63) is 83.4 Å². The molecule has 0 N–H and O–H groups in total. The number of para-hydroxylation sites is 1. The zero-order chi connectivity index (χ0) is 26.2. The van der Waals surface area contributed by atoms with Gasteiger partial charge >= 0.3 is 6.18 Å². The van der Waals surface area contributed by atoms with Gasteiger partial charge in [-0.1, -0.05) is 24.3 Å². The first-order valence-electron chi connectivity index (χ1n) is 12.0. The Balaban J connectivity index is 1.38. The molecule has 0 aromatic heterocycles. The predicted molar refractivity (Wildman–Crippen MR) is 134 cm³/mol. The van der Waals surface area contributed by atoms with Crippen LogP contribution in [0.5, 0.6) is 17.2 Å². The Kier molecular flexibility index (Phi) is 6.54. The number of alkyl halides is 3. The summed E-state index contributed by atoms with van der Waals surface area (Å²) in [6.45, 7) is 3.54. The lowest BCUT2D eigenvalue weighted by Gasteiger charge is -2.41. The standard InChI is InChI=1S/C28H26F3N3O3/c1-18-17-33(13-14-34(18)26(35)15-19-7-10-21(36-2)11-8-19)27-22-5-3-4-6-24(22)37-25-16-20(28(29,30)31)9-12-23(25)32-27/h3-12,16,18H,13-15,17H2,1-2H3. The molecule has 1 saturated heterocycles. The van der Waals surface area contributed by atoms with Crippen molar-refractivity contribution in [1.29, 1.82) is 0 Å². The Hall–Kier alpha value is -4.01. The van der Waals surface area contributed by atoms with Gasteiger partial charge in [0.25, 0.3) is 0 Å². The number of carbonyl (C=O) groups is 1. The second kappa shape index (κ2) is 9.80. The molecule has 3 aromatic rings. The number of hydrogen-bond donors (Lipinski definition) is 0. The lowest BCUT2D eigenvalue weighted by Crippen LogP contribution is -2.55. The Labute approximate surface area is 212 Å². The number of hydrogen-bond acceptors (Lipinski definition) is 5. The number of ether oxygens (including phenoxy) is 2. The largest absolute Gasteiger partial charge is 0.497 e. The summed E-state index contributed by atoms with van der Waals surface area (Å²) >= 11 is 0. The highest BCUT2D eigenvalue weighted by Gasteiger charge is 2.34. The van der Waals surface area contributed by atoms with Crippen LogP contribution in [0, 0.1) is 0 Å². The summed E-state index contributed by atoms with van der Waals surface area (Å²) in [5.74, 6) is 1.88. The topological polar surface area (TPSA) is 54.4 Å². The molecule has 192 valence electrons. The van der Waals surface area contributed by atoms with Crippen LogP contribution >= 0.6 is 0 Å². The third kappa shape index (κ3) is 5.12. The summed E-state index contributed by atoms with van der Waals surface area (Å²) in [5, 5.41) is 0. The molecule has 1 fully saturated rings. The lowest BCUT2D eigenvalue weighted by molar-refractivity contribution is -0.137. The number of nitrogens with zero attached hydrogens (tertiary/aromatic N) is 3. The van der Waals surface area contributed by atoms with Crippen molar-refractivity contribution in [2.75, 3.05) is 26.7 Å². The average molecular weight is 510 g/mol. The van der Waals surface area contributed by atoms with E-state index in [-0.39, 0.29) is 17.7 Å². The van der Waals surface area contributed by atoms with Crippen LogP contribution in [0.1, 0.15) is 23.6 Å². The number of halogens is 3. The molecular formula is C28H26F3N3O3. The molecule has 0 aliphatic carbocycles. The van der Waals surface area contributed by atoms with Crippen molar-refractivity contribution in [3.8, 4) is 17.2 Å². The maximum Gasteiger partial charge on any atom is 0.416 e. The molecule has 5 rings (SSSR count). The fourth-order valence-corrected chi connectivity index (χ4v) is 4.68. The SMILES string of the molecule is COc1ccc(CC(=O)N2CCN(C3=Nc4ccc(C(F)(F)F)cc4Oc4ccccc43)CC2C)cc1. The molecule has 2 heterocycles. The van der Waals surface area contributed by atoms with E-state index in [1.165, 1.54) is 6.07 Å². The van der Waals surface area contributed by atoms with Gasteiger partial charge in [0.05, 0.1) is 24.7 Å². The zero-order valence-electron chi connectivity index (χ0n) is 20.5. The number of methoxy groups -OCH3 is 1. The first-order valence-corrected chi connectivity index (χ1v) is 12.0. The van der Waals surface area contributed by atoms with Crippen LogP contribution in [0.4, 0.5) is 18.9 Å². The summed E-state index contributed by atoms with van der Waals surface area (Å²) in [7, 11) is 1.60. The third-order valence-corrected chi connectivity index (χ3v) is 6.62. The number of carbonyl (C=O) groups excluding carboxylic acids is 1. The normalized spacial score (nSPS) is 17.2. The highest BCUT2D eigenvalue weighted by atomic mass is 19.4. The van der Waals surface area contributed by atoms with Gasteiger partial charge in [-0.25, -0.2) is 4.99 Å². The minimum atomic E-state index is -4.49. The van der Waals surface area contributed by atoms with Gasteiger partial charge in [-0.3, -0.25) is 4.79 Å². The maximum absolute atomic E-state index is 13.3. The van der Waals surface area contributed by atoms with Crippen LogP contribution in [0.3, 0.4) is 0 Å². The number of rotatable bonds is 3. The second-order valence-corrected chi connectivity index (χ2v) is 9.12. The van der Waals surface area contributed by atoms with E-state index in [1.54, 1.807) is 19.2 Å². The van der Waals surface area contributed by atoms with Crippen LogP contribution in [0.15, 0.2) is 71.7 Å². The van der Waals surface area contributed by atoms with E-state index >= 15 is 0 Å². The highest BCUT2D eigenvalue weighted by molar-refractivity contribution is 6.04.